The van der Waals surface area contributed by atoms with E-state index in [1.165, 1.54) is 0 Å². The molecule has 1 aliphatic rings. The van der Waals surface area contributed by atoms with Gasteiger partial charge in [-0.15, -0.1) is 0 Å². The van der Waals surface area contributed by atoms with Crippen LogP contribution in [0.3, 0.4) is 0 Å². The number of piperazine rings is 1. The summed E-state index contributed by atoms with van der Waals surface area (Å²) in [7, 11) is 1.66. The lowest BCUT2D eigenvalue weighted by atomic mass is 10.2. The van der Waals surface area contributed by atoms with Gasteiger partial charge in [-0.05, 0) is 29.8 Å². The normalized spacial score (nSPS) is 15.4. The quantitative estimate of drug-likeness (QED) is 0.614. The van der Waals surface area contributed by atoms with Gasteiger partial charge in [-0.1, -0.05) is 23.5 Å². The van der Waals surface area contributed by atoms with Crippen LogP contribution in [0.4, 0.5) is 13.9 Å². The van der Waals surface area contributed by atoms with Gasteiger partial charge in [-0.2, -0.15) is 8.78 Å². The van der Waals surface area contributed by atoms with Gasteiger partial charge in [0.25, 0.3) is 0 Å². The van der Waals surface area contributed by atoms with Crippen LogP contribution < -0.4 is 14.4 Å². The van der Waals surface area contributed by atoms with Gasteiger partial charge in [-0.3, -0.25) is 4.90 Å². The van der Waals surface area contributed by atoms with Crippen molar-refractivity contribution in [3.63, 3.8) is 0 Å². The van der Waals surface area contributed by atoms with Crippen molar-refractivity contribution in [3.8, 4) is 11.5 Å². The molecule has 0 atom stereocenters. The molecule has 8 heteroatoms. The minimum absolute atomic E-state index is 0.191. The molecule has 1 aromatic heterocycles. The molecule has 4 rings (SSSR count). The zero-order valence-electron chi connectivity index (χ0n) is 15.5. The first-order valence-corrected chi connectivity index (χ1v) is 9.88. The molecule has 0 N–H and O–H groups in total. The topological polar surface area (TPSA) is 37.8 Å². The Kier molecular flexibility index (Phi) is 5.59. The van der Waals surface area contributed by atoms with Crippen LogP contribution in [0.2, 0.25) is 0 Å². The zero-order chi connectivity index (χ0) is 19.5. The number of alkyl halides is 2. The summed E-state index contributed by atoms with van der Waals surface area (Å²) < 4.78 is 35.3. The first kappa shape index (κ1) is 18.9. The smallest absolute Gasteiger partial charge is 0.387 e. The molecule has 0 unspecified atom stereocenters. The molecule has 148 valence electrons. The van der Waals surface area contributed by atoms with Crippen molar-refractivity contribution in [2.24, 2.45) is 0 Å². The van der Waals surface area contributed by atoms with Gasteiger partial charge >= 0.3 is 6.61 Å². The van der Waals surface area contributed by atoms with E-state index in [0.29, 0.717) is 0 Å². The highest BCUT2D eigenvalue weighted by Crippen LogP contribution is 2.31. The number of benzene rings is 2. The van der Waals surface area contributed by atoms with Crippen LogP contribution >= 0.6 is 11.3 Å². The summed E-state index contributed by atoms with van der Waals surface area (Å²) in [6.45, 7) is 1.67. The number of aromatic nitrogens is 1. The third-order valence-electron chi connectivity index (χ3n) is 4.78. The van der Waals surface area contributed by atoms with Gasteiger partial charge in [-0.25, -0.2) is 4.98 Å². The summed E-state index contributed by atoms with van der Waals surface area (Å²) in [5.41, 5.74) is 2.05. The molecule has 0 amide bonds. The van der Waals surface area contributed by atoms with Crippen molar-refractivity contribution in [1.29, 1.82) is 0 Å². The lowest BCUT2D eigenvalue weighted by Crippen LogP contribution is -2.45. The standard InChI is InChI=1S/C20H21F2N3O2S/c1-26-16-6-7-18-17(12-16)23-20(28-18)25-10-8-24(9-11-25)13-14-2-4-15(5-3-14)27-19(21)22/h2-7,12,19H,8-11,13H2,1H3. The van der Waals surface area contributed by atoms with Crippen LogP contribution in [0.25, 0.3) is 10.2 Å². The second-order valence-corrected chi connectivity index (χ2v) is 7.62. The summed E-state index contributed by atoms with van der Waals surface area (Å²) in [5.74, 6) is 1.01. The minimum atomic E-state index is -2.79. The van der Waals surface area contributed by atoms with Crippen LogP contribution in [-0.4, -0.2) is 49.8 Å². The van der Waals surface area contributed by atoms with Crippen LogP contribution in [0, 0.1) is 0 Å². The number of halogens is 2. The highest BCUT2D eigenvalue weighted by Gasteiger charge is 2.20. The van der Waals surface area contributed by atoms with Crippen LogP contribution in [0.5, 0.6) is 11.5 Å². The molecule has 0 spiro atoms. The number of nitrogens with zero attached hydrogens (tertiary/aromatic N) is 3. The van der Waals surface area contributed by atoms with E-state index in [1.54, 1.807) is 30.6 Å². The molecule has 1 aliphatic heterocycles. The number of ether oxygens (including phenoxy) is 2. The Morgan fingerprint density at radius 3 is 2.43 bits per heavy atom. The van der Waals surface area contributed by atoms with E-state index in [-0.39, 0.29) is 5.75 Å². The van der Waals surface area contributed by atoms with Gasteiger partial charge in [0.2, 0.25) is 0 Å². The van der Waals surface area contributed by atoms with Crippen LogP contribution in [0.15, 0.2) is 42.5 Å². The average Bonchev–Trinajstić information content (AvgIpc) is 3.13. The van der Waals surface area contributed by atoms with E-state index in [2.05, 4.69) is 14.5 Å². The van der Waals surface area contributed by atoms with Crippen molar-refractivity contribution in [2.45, 2.75) is 13.2 Å². The third-order valence-corrected chi connectivity index (χ3v) is 5.88. The Morgan fingerprint density at radius 1 is 1.04 bits per heavy atom. The summed E-state index contributed by atoms with van der Waals surface area (Å²) >= 11 is 1.70. The monoisotopic (exact) mass is 405 g/mol. The third kappa shape index (κ3) is 4.34. The van der Waals surface area contributed by atoms with Crippen LogP contribution in [-0.2, 0) is 6.54 Å². The second kappa shape index (κ2) is 8.28. The molecule has 2 heterocycles. The molecule has 0 aliphatic carbocycles. The first-order chi connectivity index (χ1) is 13.6. The molecule has 0 radical (unpaired) electrons. The van der Waals surface area contributed by atoms with E-state index in [0.717, 1.165) is 59.4 Å². The maximum atomic E-state index is 12.2. The summed E-state index contributed by atoms with van der Waals surface area (Å²) in [6.07, 6.45) is 0. The predicted octanol–water partition coefficient (Wildman–Crippen LogP) is 4.23. The molecule has 2 aromatic carbocycles. The first-order valence-electron chi connectivity index (χ1n) is 9.06. The largest absolute Gasteiger partial charge is 0.497 e. The molecule has 5 nitrogen and oxygen atoms in total. The fraction of sp³-hybridized carbons (Fsp3) is 0.350. The average molecular weight is 405 g/mol. The van der Waals surface area contributed by atoms with Crippen LogP contribution in [0.1, 0.15) is 5.56 Å². The Morgan fingerprint density at radius 2 is 1.75 bits per heavy atom. The van der Waals surface area contributed by atoms with Gasteiger partial charge in [0, 0.05) is 38.8 Å². The number of methoxy groups -OCH3 is 1. The molecule has 0 saturated carbocycles. The van der Waals surface area contributed by atoms with Crippen molar-refractivity contribution in [1.82, 2.24) is 9.88 Å². The number of fused-ring (bicyclic) bond motifs is 1. The molecule has 1 saturated heterocycles. The van der Waals surface area contributed by atoms with Gasteiger partial charge in [0.05, 0.1) is 17.3 Å². The molecular weight excluding hydrogens is 384 g/mol. The van der Waals surface area contributed by atoms with Crippen molar-refractivity contribution in [3.05, 3.63) is 48.0 Å². The number of hydrogen-bond acceptors (Lipinski definition) is 6. The van der Waals surface area contributed by atoms with E-state index >= 15 is 0 Å². The zero-order valence-corrected chi connectivity index (χ0v) is 16.3. The fourth-order valence-corrected chi connectivity index (χ4v) is 4.29. The van der Waals surface area contributed by atoms with Gasteiger partial charge < -0.3 is 14.4 Å². The van der Waals surface area contributed by atoms with Crippen molar-refractivity contribution in [2.75, 3.05) is 38.2 Å². The summed E-state index contributed by atoms with van der Waals surface area (Å²) in [4.78, 5) is 9.43. The number of hydrogen-bond donors (Lipinski definition) is 0. The minimum Gasteiger partial charge on any atom is -0.497 e. The highest BCUT2D eigenvalue weighted by molar-refractivity contribution is 7.22. The summed E-state index contributed by atoms with van der Waals surface area (Å²) in [5, 5.41) is 1.04. The molecular formula is C20H21F2N3O2S. The lowest BCUT2D eigenvalue weighted by molar-refractivity contribution is -0.0498. The van der Waals surface area contributed by atoms with E-state index < -0.39 is 6.61 Å². The second-order valence-electron chi connectivity index (χ2n) is 6.62. The van der Waals surface area contributed by atoms with Crippen molar-refractivity contribution >= 4 is 26.7 Å². The van der Waals surface area contributed by atoms with Gasteiger partial charge in [0.15, 0.2) is 5.13 Å². The Bertz CT molecular complexity index is 925. The number of rotatable bonds is 6. The van der Waals surface area contributed by atoms with Crippen molar-refractivity contribution < 1.29 is 18.3 Å². The molecule has 28 heavy (non-hydrogen) atoms. The fourth-order valence-electron chi connectivity index (χ4n) is 3.29. The highest BCUT2D eigenvalue weighted by atomic mass is 32.1. The predicted molar refractivity (Wildman–Crippen MR) is 107 cm³/mol. The SMILES string of the molecule is COc1ccc2sc(N3CCN(Cc4ccc(OC(F)F)cc4)CC3)nc2c1. The van der Waals surface area contributed by atoms with E-state index in [4.69, 9.17) is 9.72 Å². The Labute approximate surface area is 166 Å². The maximum Gasteiger partial charge on any atom is 0.387 e. The maximum absolute atomic E-state index is 12.2. The lowest BCUT2D eigenvalue weighted by Gasteiger charge is -2.34. The van der Waals surface area contributed by atoms with E-state index in [1.807, 2.05) is 30.3 Å². The van der Waals surface area contributed by atoms with Gasteiger partial charge in [0.1, 0.15) is 11.5 Å². The molecule has 0 bridgehead atoms. The number of thiazole rings is 1. The molecule has 1 fully saturated rings. The summed E-state index contributed by atoms with van der Waals surface area (Å²) in [6, 6.07) is 12.8. The molecule has 3 aromatic rings. The Balaban J connectivity index is 1.34. The van der Waals surface area contributed by atoms with E-state index in [9.17, 15) is 8.78 Å². The number of anilines is 1. The Hall–Kier alpha value is -2.45.